The zero-order chi connectivity index (χ0) is 13.6. The first-order chi connectivity index (χ1) is 7.46. The molecule has 1 aromatic heterocycles. The Morgan fingerprint density at radius 2 is 1.65 bits per heavy atom. The van der Waals surface area contributed by atoms with Gasteiger partial charge in [0.1, 0.15) is 15.0 Å². The summed E-state index contributed by atoms with van der Waals surface area (Å²) in [5.74, 6) is 0. The maximum absolute atomic E-state index is 12.8. The van der Waals surface area contributed by atoms with Crippen molar-refractivity contribution in [2.24, 2.45) is 0 Å². The predicted octanol–water partition coefficient (Wildman–Crippen LogP) is 4.20. The summed E-state index contributed by atoms with van der Waals surface area (Å²) in [6, 6.07) is 0. The molecule has 0 aliphatic heterocycles. The van der Waals surface area contributed by atoms with Crippen LogP contribution in [0.4, 0.5) is 22.0 Å². The van der Waals surface area contributed by atoms with Crippen molar-refractivity contribution in [1.82, 2.24) is 9.78 Å². The van der Waals surface area contributed by atoms with Gasteiger partial charge in [0.15, 0.2) is 0 Å². The van der Waals surface area contributed by atoms with Crippen molar-refractivity contribution in [2.45, 2.75) is 38.9 Å². The molecule has 0 aliphatic carbocycles. The highest BCUT2D eigenvalue weighted by Gasteiger charge is 2.43. The smallest absolute Gasteiger partial charge is 0.257 e. The third-order valence-electron chi connectivity index (χ3n) is 2.00. The summed E-state index contributed by atoms with van der Waals surface area (Å²) >= 11 is 1.32. The molecule has 0 atom stereocenters. The zero-order valence-corrected chi connectivity index (χ0v) is 11.4. The Balaban J connectivity index is 3.58. The molecule has 0 fully saturated rings. The van der Waals surface area contributed by atoms with Gasteiger partial charge in [-0.1, -0.05) is 0 Å². The van der Waals surface area contributed by atoms with E-state index in [0.29, 0.717) is 0 Å². The summed E-state index contributed by atoms with van der Waals surface area (Å²) in [5, 5.41) is 3.57. The van der Waals surface area contributed by atoms with Crippen LogP contribution in [0.25, 0.3) is 0 Å². The quantitative estimate of drug-likeness (QED) is 0.537. The van der Waals surface area contributed by atoms with E-state index in [1.165, 1.54) is 43.4 Å². The van der Waals surface area contributed by atoms with Gasteiger partial charge in [-0.05, 0) is 43.4 Å². The molecule has 17 heavy (non-hydrogen) atoms. The van der Waals surface area contributed by atoms with Crippen molar-refractivity contribution in [3.05, 3.63) is 15.0 Å². The number of nitrogens with zero attached hydrogens (tertiary/aromatic N) is 2. The van der Waals surface area contributed by atoms with Crippen LogP contribution in [-0.4, -0.2) is 9.78 Å². The molecule has 8 heteroatoms. The highest BCUT2D eigenvalue weighted by Crippen LogP contribution is 2.40. The Morgan fingerprint density at radius 3 is 1.94 bits per heavy atom. The fourth-order valence-corrected chi connectivity index (χ4v) is 2.18. The van der Waals surface area contributed by atoms with Crippen LogP contribution in [0.1, 0.15) is 38.5 Å². The molecule has 0 aliphatic rings. The molecule has 0 saturated heterocycles. The van der Waals surface area contributed by atoms with Gasteiger partial charge in [0.25, 0.3) is 6.43 Å². The van der Waals surface area contributed by atoms with E-state index in [1.807, 2.05) is 0 Å². The number of alkyl halides is 5. The van der Waals surface area contributed by atoms with Crippen LogP contribution in [-0.2, 0) is 11.7 Å². The number of rotatable bonds is 1. The molecule has 0 radical (unpaired) electrons. The minimum atomic E-state index is -4.83. The summed E-state index contributed by atoms with van der Waals surface area (Å²) in [4.78, 5) is 0. The van der Waals surface area contributed by atoms with Crippen molar-refractivity contribution in [3.8, 4) is 0 Å². The van der Waals surface area contributed by atoms with Crippen molar-refractivity contribution < 1.29 is 22.0 Å². The molecule has 0 N–H and O–H groups in total. The molecule has 0 amide bonds. The lowest BCUT2D eigenvalue weighted by Crippen LogP contribution is -2.26. The van der Waals surface area contributed by atoms with Crippen molar-refractivity contribution in [1.29, 1.82) is 0 Å². The molecular formula is C9H10F5IN2. The van der Waals surface area contributed by atoms with Gasteiger partial charge in [0.05, 0.1) is 5.54 Å². The topological polar surface area (TPSA) is 17.8 Å². The molecule has 0 saturated carbocycles. The van der Waals surface area contributed by atoms with Crippen molar-refractivity contribution in [2.75, 3.05) is 0 Å². The predicted molar refractivity (Wildman–Crippen MR) is 59.9 cm³/mol. The van der Waals surface area contributed by atoms with Crippen LogP contribution >= 0.6 is 22.6 Å². The van der Waals surface area contributed by atoms with Gasteiger partial charge in [-0.2, -0.15) is 18.3 Å². The normalized spacial score (nSPS) is 13.5. The Kier molecular flexibility index (Phi) is 3.76. The van der Waals surface area contributed by atoms with E-state index in [0.717, 1.165) is 4.68 Å². The Labute approximate surface area is 108 Å². The minimum Gasteiger partial charge on any atom is -0.257 e. The first kappa shape index (κ1) is 14.7. The molecule has 1 rings (SSSR count). The van der Waals surface area contributed by atoms with Crippen LogP contribution in [0, 0.1) is 3.70 Å². The highest BCUT2D eigenvalue weighted by atomic mass is 127. The lowest BCUT2D eigenvalue weighted by Gasteiger charge is -2.22. The summed E-state index contributed by atoms with van der Waals surface area (Å²) in [5.41, 5.74) is -3.35. The van der Waals surface area contributed by atoms with Gasteiger partial charge in [0, 0.05) is 0 Å². The monoisotopic (exact) mass is 368 g/mol. The fourth-order valence-electron chi connectivity index (χ4n) is 1.38. The zero-order valence-electron chi connectivity index (χ0n) is 9.24. The van der Waals surface area contributed by atoms with E-state index in [2.05, 4.69) is 5.10 Å². The molecule has 2 nitrogen and oxygen atoms in total. The number of hydrogen-bond donors (Lipinski definition) is 0. The maximum Gasteiger partial charge on any atom is 0.420 e. The number of aromatic nitrogens is 2. The molecule has 0 spiro atoms. The number of halogens is 6. The minimum absolute atomic E-state index is 0.458. The molecule has 1 heterocycles. The SMILES string of the molecule is CC(C)(C)n1nc(I)c(C(F)(F)F)c1C(F)F. The van der Waals surface area contributed by atoms with Crippen LogP contribution in [0.5, 0.6) is 0 Å². The van der Waals surface area contributed by atoms with Gasteiger partial charge in [0.2, 0.25) is 0 Å². The van der Waals surface area contributed by atoms with E-state index in [4.69, 9.17) is 0 Å². The lowest BCUT2D eigenvalue weighted by molar-refractivity contribution is -0.140. The maximum atomic E-state index is 12.8. The Hall–Kier alpha value is -0.410. The number of hydrogen-bond acceptors (Lipinski definition) is 1. The lowest BCUT2D eigenvalue weighted by atomic mass is 10.1. The van der Waals surface area contributed by atoms with Gasteiger partial charge in [-0.3, -0.25) is 4.68 Å². The second kappa shape index (κ2) is 4.36. The third kappa shape index (κ3) is 2.89. The first-order valence-corrected chi connectivity index (χ1v) is 5.68. The highest BCUT2D eigenvalue weighted by molar-refractivity contribution is 14.1. The van der Waals surface area contributed by atoms with Gasteiger partial charge in [-0.15, -0.1) is 0 Å². The van der Waals surface area contributed by atoms with E-state index in [1.54, 1.807) is 0 Å². The standard InChI is InChI=1S/C9H10F5IN2/c1-8(2,3)17-5(6(10)11)4(7(15)16-17)9(12,13)14/h6H,1-3H3. The first-order valence-electron chi connectivity index (χ1n) is 4.60. The second-order valence-electron chi connectivity index (χ2n) is 4.43. The molecule has 1 aromatic rings. The molecule has 0 bridgehead atoms. The van der Waals surface area contributed by atoms with E-state index in [9.17, 15) is 22.0 Å². The average molecular weight is 368 g/mol. The summed E-state index contributed by atoms with van der Waals surface area (Å²) in [6.45, 7) is 4.55. The Bertz CT molecular complexity index is 416. The van der Waals surface area contributed by atoms with Crippen LogP contribution in [0.2, 0.25) is 0 Å². The van der Waals surface area contributed by atoms with Crippen molar-refractivity contribution >= 4 is 22.6 Å². The van der Waals surface area contributed by atoms with Crippen molar-refractivity contribution in [3.63, 3.8) is 0 Å². The summed E-state index contributed by atoms with van der Waals surface area (Å²) in [7, 11) is 0. The van der Waals surface area contributed by atoms with E-state index in [-0.39, 0.29) is 0 Å². The summed E-state index contributed by atoms with van der Waals surface area (Å²) < 4.78 is 63.9. The van der Waals surface area contributed by atoms with Crippen LogP contribution in [0.3, 0.4) is 0 Å². The van der Waals surface area contributed by atoms with Crippen LogP contribution < -0.4 is 0 Å². The molecule has 0 aromatic carbocycles. The third-order valence-corrected chi connectivity index (χ3v) is 2.76. The average Bonchev–Trinajstić information content (AvgIpc) is 2.40. The summed E-state index contributed by atoms with van der Waals surface area (Å²) in [6.07, 6.45) is -8.05. The fraction of sp³-hybridized carbons (Fsp3) is 0.667. The Morgan fingerprint density at radius 1 is 1.18 bits per heavy atom. The van der Waals surface area contributed by atoms with Gasteiger partial charge in [-0.25, -0.2) is 8.78 Å². The largest absolute Gasteiger partial charge is 0.420 e. The van der Waals surface area contributed by atoms with E-state index >= 15 is 0 Å². The van der Waals surface area contributed by atoms with E-state index < -0.39 is 33.1 Å². The molecular weight excluding hydrogens is 358 g/mol. The molecule has 98 valence electrons. The second-order valence-corrected chi connectivity index (χ2v) is 5.45. The molecule has 0 unspecified atom stereocenters. The van der Waals surface area contributed by atoms with Gasteiger partial charge < -0.3 is 0 Å². The van der Waals surface area contributed by atoms with Crippen LogP contribution in [0.15, 0.2) is 0 Å². The van der Waals surface area contributed by atoms with Gasteiger partial charge >= 0.3 is 6.18 Å².